The van der Waals surface area contributed by atoms with Gasteiger partial charge in [0.1, 0.15) is 0 Å². The number of aliphatic hydroxyl groups is 1. The Bertz CT molecular complexity index is 543. The predicted octanol–water partition coefficient (Wildman–Crippen LogP) is 3.02. The van der Waals surface area contributed by atoms with Crippen LogP contribution in [0.1, 0.15) is 39.5 Å². The number of aliphatic imine (C=N–C) groups is 1. The molecule has 0 fully saturated rings. The van der Waals surface area contributed by atoms with Gasteiger partial charge in [0.15, 0.2) is 17.5 Å². The third kappa shape index (κ3) is 6.46. The first-order valence-electron chi connectivity index (χ1n) is 9.32. The zero-order valence-corrected chi connectivity index (χ0v) is 15.4. The first-order chi connectivity index (χ1) is 12.3. The number of fused-ring (bicyclic) bond motifs is 1. The summed E-state index contributed by atoms with van der Waals surface area (Å²) in [6, 6.07) is 5.85. The number of benzene rings is 1. The van der Waals surface area contributed by atoms with Crippen LogP contribution < -0.4 is 20.1 Å². The highest BCUT2D eigenvalue weighted by molar-refractivity contribution is 5.93. The molecule has 3 N–H and O–H groups in total. The van der Waals surface area contributed by atoms with E-state index in [9.17, 15) is 5.11 Å². The van der Waals surface area contributed by atoms with E-state index in [1.165, 1.54) is 0 Å². The molecule has 1 aromatic carbocycles. The predicted molar refractivity (Wildman–Crippen MR) is 102 cm³/mol. The van der Waals surface area contributed by atoms with E-state index < -0.39 is 0 Å². The summed E-state index contributed by atoms with van der Waals surface area (Å²) in [6.07, 6.45) is 3.87. The van der Waals surface area contributed by atoms with Crippen LogP contribution in [-0.2, 0) is 0 Å². The fraction of sp³-hybridized carbons (Fsp3) is 0.632. The average molecular weight is 349 g/mol. The number of nitrogens with one attached hydrogen (secondary N) is 2. The Morgan fingerprint density at radius 3 is 2.72 bits per heavy atom. The molecule has 0 spiro atoms. The van der Waals surface area contributed by atoms with E-state index in [4.69, 9.17) is 9.47 Å². The zero-order valence-electron chi connectivity index (χ0n) is 15.4. The molecule has 0 radical (unpaired) electrons. The van der Waals surface area contributed by atoms with Gasteiger partial charge in [0.05, 0.1) is 13.2 Å². The van der Waals surface area contributed by atoms with Crippen molar-refractivity contribution in [3.63, 3.8) is 0 Å². The molecule has 140 valence electrons. The van der Waals surface area contributed by atoms with Gasteiger partial charge in [0, 0.05) is 37.9 Å². The molecule has 1 unspecified atom stereocenters. The van der Waals surface area contributed by atoms with Crippen LogP contribution in [0.2, 0.25) is 0 Å². The molecular formula is C19H31N3O3. The molecule has 2 rings (SSSR count). The first-order valence-corrected chi connectivity index (χ1v) is 9.32. The Morgan fingerprint density at radius 2 is 2.00 bits per heavy atom. The van der Waals surface area contributed by atoms with E-state index in [2.05, 4.69) is 22.5 Å². The second-order valence-electron chi connectivity index (χ2n) is 6.22. The number of aliphatic hydroxyl groups excluding tert-OH is 1. The van der Waals surface area contributed by atoms with Gasteiger partial charge in [-0.25, -0.2) is 0 Å². The van der Waals surface area contributed by atoms with Gasteiger partial charge in [0.2, 0.25) is 0 Å². The van der Waals surface area contributed by atoms with Crippen molar-refractivity contribution in [3.8, 4) is 11.5 Å². The lowest BCUT2D eigenvalue weighted by atomic mass is 10.0. The zero-order chi connectivity index (χ0) is 17.9. The van der Waals surface area contributed by atoms with Crippen molar-refractivity contribution < 1.29 is 14.6 Å². The maximum Gasteiger partial charge on any atom is 0.195 e. The van der Waals surface area contributed by atoms with E-state index in [0.29, 0.717) is 25.7 Å². The van der Waals surface area contributed by atoms with Crippen molar-refractivity contribution in [2.75, 3.05) is 38.2 Å². The molecule has 6 heteroatoms. The Kier molecular flexibility index (Phi) is 8.39. The fourth-order valence-electron chi connectivity index (χ4n) is 2.82. The summed E-state index contributed by atoms with van der Waals surface area (Å²) in [7, 11) is 0. The van der Waals surface area contributed by atoms with E-state index >= 15 is 0 Å². The number of hydrogen-bond donors (Lipinski definition) is 3. The highest BCUT2D eigenvalue weighted by Gasteiger charge is 2.12. The Hall–Kier alpha value is -1.95. The van der Waals surface area contributed by atoms with Crippen molar-refractivity contribution in [2.45, 2.75) is 39.5 Å². The molecule has 1 aliphatic rings. The quantitative estimate of drug-likeness (QED) is 0.497. The number of ether oxygens (including phenoxy) is 2. The van der Waals surface area contributed by atoms with Crippen molar-refractivity contribution in [1.29, 1.82) is 0 Å². The highest BCUT2D eigenvalue weighted by Crippen LogP contribution is 2.32. The summed E-state index contributed by atoms with van der Waals surface area (Å²) in [4.78, 5) is 4.69. The van der Waals surface area contributed by atoms with Crippen molar-refractivity contribution in [2.24, 2.45) is 10.9 Å². The van der Waals surface area contributed by atoms with Crippen LogP contribution in [0.4, 0.5) is 5.69 Å². The van der Waals surface area contributed by atoms with Crippen LogP contribution in [0.5, 0.6) is 11.5 Å². The molecule has 0 aromatic heterocycles. The largest absolute Gasteiger partial charge is 0.490 e. The molecule has 1 heterocycles. The van der Waals surface area contributed by atoms with Gasteiger partial charge >= 0.3 is 0 Å². The lowest BCUT2D eigenvalue weighted by Crippen LogP contribution is -2.31. The van der Waals surface area contributed by atoms with E-state index in [-0.39, 0.29) is 6.61 Å². The molecule has 0 aliphatic carbocycles. The third-order valence-electron chi connectivity index (χ3n) is 4.10. The number of rotatable bonds is 8. The second kappa shape index (κ2) is 10.8. The molecule has 1 aromatic rings. The summed E-state index contributed by atoms with van der Waals surface area (Å²) < 4.78 is 11.4. The maximum absolute atomic E-state index is 9.20. The fourth-order valence-corrected chi connectivity index (χ4v) is 2.82. The Balaban J connectivity index is 2.04. The van der Waals surface area contributed by atoms with E-state index in [1.54, 1.807) is 0 Å². The monoisotopic (exact) mass is 349 g/mol. The van der Waals surface area contributed by atoms with Gasteiger partial charge < -0.3 is 25.2 Å². The molecule has 0 saturated carbocycles. The number of nitrogens with zero attached hydrogens (tertiary/aromatic N) is 1. The van der Waals surface area contributed by atoms with Crippen LogP contribution in [-0.4, -0.2) is 44.0 Å². The summed E-state index contributed by atoms with van der Waals surface area (Å²) in [5, 5.41) is 15.8. The molecule has 6 nitrogen and oxygen atoms in total. The average Bonchev–Trinajstić information content (AvgIpc) is 2.85. The molecule has 1 atom stereocenters. The number of anilines is 1. The van der Waals surface area contributed by atoms with Crippen LogP contribution >= 0.6 is 0 Å². The minimum Gasteiger partial charge on any atom is -0.490 e. The van der Waals surface area contributed by atoms with E-state index in [0.717, 1.165) is 55.4 Å². The van der Waals surface area contributed by atoms with Crippen LogP contribution in [0.3, 0.4) is 0 Å². The SMILES string of the molecule is CCCC(CCO)CN=C(NCC)Nc1ccc2c(c1)OCCCO2. The third-order valence-corrected chi connectivity index (χ3v) is 4.10. The minimum atomic E-state index is 0.215. The van der Waals surface area contributed by atoms with Crippen LogP contribution in [0.25, 0.3) is 0 Å². The van der Waals surface area contributed by atoms with Gasteiger partial charge in [0.25, 0.3) is 0 Å². The topological polar surface area (TPSA) is 75.1 Å². The van der Waals surface area contributed by atoms with Crippen molar-refractivity contribution in [1.82, 2.24) is 5.32 Å². The van der Waals surface area contributed by atoms with Crippen LogP contribution in [0, 0.1) is 5.92 Å². The normalized spacial score (nSPS) is 15.4. The van der Waals surface area contributed by atoms with Crippen LogP contribution in [0.15, 0.2) is 23.2 Å². The number of guanidine groups is 1. The molecule has 1 aliphatic heterocycles. The second-order valence-corrected chi connectivity index (χ2v) is 6.22. The standard InChI is InChI=1S/C19H31N3O3/c1-3-6-15(9-10-23)14-21-19(20-4-2)22-16-7-8-17-18(13-16)25-12-5-11-24-17/h7-8,13,15,23H,3-6,9-12,14H2,1-2H3,(H2,20,21,22). The molecular weight excluding hydrogens is 318 g/mol. The van der Waals surface area contributed by atoms with Crippen molar-refractivity contribution in [3.05, 3.63) is 18.2 Å². The molecule has 0 bridgehead atoms. The maximum atomic E-state index is 9.20. The summed E-state index contributed by atoms with van der Waals surface area (Å²) >= 11 is 0. The summed E-state index contributed by atoms with van der Waals surface area (Å²) in [5.41, 5.74) is 0.915. The van der Waals surface area contributed by atoms with Gasteiger partial charge in [-0.1, -0.05) is 13.3 Å². The van der Waals surface area contributed by atoms with E-state index in [1.807, 2.05) is 25.1 Å². The lowest BCUT2D eigenvalue weighted by Gasteiger charge is -2.16. The summed E-state index contributed by atoms with van der Waals surface area (Å²) in [5.74, 6) is 2.71. The molecule has 0 saturated heterocycles. The number of hydrogen-bond acceptors (Lipinski definition) is 4. The Morgan fingerprint density at radius 1 is 1.20 bits per heavy atom. The van der Waals surface area contributed by atoms with Gasteiger partial charge in [-0.3, -0.25) is 4.99 Å². The minimum absolute atomic E-state index is 0.215. The lowest BCUT2D eigenvalue weighted by molar-refractivity contribution is 0.253. The first kappa shape index (κ1) is 19.4. The molecule has 25 heavy (non-hydrogen) atoms. The van der Waals surface area contributed by atoms with Gasteiger partial charge in [-0.2, -0.15) is 0 Å². The molecule has 0 amide bonds. The Labute approximate surface area is 150 Å². The smallest absolute Gasteiger partial charge is 0.195 e. The van der Waals surface area contributed by atoms with Crippen molar-refractivity contribution >= 4 is 11.6 Å². The summed E-state index contributed by atoms with van der Waals surface area (Å²) in [6.45, 7) is 7.27. The van der Waals surface area contributed by atoms with Gasteiger partial charge in [-0.15, -0.1) is 0 Å². The highest BCUT2D eigenvalue weighted by atomic mass is 16.5. The van der Waals surface area contributed by atoms with Gasteiger partial charge in [-0.05, 0) is 37.8 Å².